The van der Waals surface area contributed by atoms with Gasteiger partial charge in [0.25, 0.3) is 0 Å². The maximum Gasteiger partial charge on any atom is 0.00165 e. The first-order valence-corrected chi connectivity index (χ1v) is 7.12. The van der Waals surface area contributed by atoms with Gasteiger partial charge in [-0.1, -0.05) is 55.5 Å². The van der Waals surface area contributed by atoms with Gasteiger partial charge in [-0.2, -0.15) is 0 Å². The molecular formula is C18H21N. The maximum absolute atomic E-state index is 6.06. The number of benzene rings is 2. The zero-order valence-electron chi connectivity index (χ0n) is 11.6. The lowest BCUT2D eigenvalue weighted by Crippen LogP contribution is -2.24. The average Bonchev–Trinajstić information content (AvgIpc) is 2.43. The molecule has 98 valence electrons. The molecule has 3 atom stereocenters. The Morgan fingerprint density at radius 1 is 0.947 bits per heavy atom. The van der Waals surface area contributed by atoms with Gasteiger partial charge in [-0.3, -0.25) is 0 Å². The van der Waals surface area contributed by atoms with E-state index in [0.717, 1.165) is 6.42 Å². The molecule has 0 fully saturated rings. The zero-order valence-corrected chi connectivity index (χ0v) is 11.6. The van der Waals surface area contributed by atoms with Crippen molar-refractivity contribution in [1.82, 2.24) is 0 Å². The van der Waals surface area contributed by atoms with Crippen LogP contribution in [0.1, 0.15) is 43.2 Å². The van der Waals surface area contributed by atoms with E-state index in [4.69, 9.17) is 5.73 Å². The van der Waals surface area contributed by atoms with Crippen LogP contribution in [0.2, 0.25) is 0 Å². The van der Waals surface area contributed by atoms with Gasteiger partial charge in [0.1, 0.15) is 0 Å². The Kier molecular flexibility index (Phi) is 3.16. The predicted molar refractivity (Wildman–Crippen MR) is 81.3 cm³/mol. The number of nitrogens with two attached hydrogens (primary N) is 1. The molecule has 0 heterocycles. The molecule has 1 heteroatoms. The van der Waals surface area contributed by atoms with Crippen LogP contribution in [0.5, 0.6) is 0 Å². The molecule has 2 aromatic carbocycles. The van der Waals surface area contributed by atoms with Gasteiger partial charge in [0.2, 0.25) is 0 Å². The topological polar surface area (TPSA) is 26.0 Å². The Hall–Kier alpha value is -1.60. The van der Waals surface area contributed by atoms with Gasteiger partial charge in [-0.25, -0.2) is 0 Å². The van der Waals surface area contributed by atoms with Gasteiger partial charge in [0.05, 0.1) is 0 Å². The minimum absolute atomic E-state index is 0.241. The van der Waals surface area contributed by atoms with Crippen molar-refractivity contribution in [2.24, 2.45) is 5.73 Å². The molecule has 0 aromatic heterocycles. The highest BCUT2D eigenvalue weighted by Crippen LogP contribution is 2.48. The molecule has 1 aliphatic rings. The van der Waals surface area contributed by atoms with E-state index in [9.17, 15) is 0 Å². The van der Waals surface area contributed by atoms with Crippen LogP contribution in [0.15, 0.2) is 48.5 Å². The highest BCUT2D eigenvalue weighted by molar-refractivity contribution is 5.75. The van der Waals surface area contributed by atoms with Crippen molar-refractivity contribution >= 4 is 0 Å². The van der Waals surface area contributed by atoms with E-state index in [1.165, 1.54) is 22.3 Å². The second-order valence-corrected chi connectivity index (χ2v) is 5.78. The summed E-state index contributed by atoms with van der Waals surface area (Å²) in [6, 6.07) is 17.8. The number of fused-ring (bicyclic) bond motifs is 3. The van der Waals surface area contributed by atoms with Gasteiger partial charge in [-0.15, -0.1) is 0 Å². The maximum atomic E-state index is 6.06. The lowest BCUT2D eigenvalue weighted by atomic mass is 9.70. The van der Waals surface area contributed by atoms with Crippen molar-refractivity contribution in [3.8, 4) is 11.1 Å². The van der Waals surface area contributed by atoms with E-state index in [1.54, 1.807) is 0 Å². The lowest BCUT2D eigenvalue weighted by molar-refractivity contribution is 0.487. The first kappa shape index (κ1) is 12.4. The normalized spacial score (nSPS) is 22.5. The highest BCUT2D eigenvalue weighted by atomic mass is 14.6. The molecule has 1 aliphatic carbocycles. The number of hydrogen-bond donors (Lipinski definition) is 1. The smallest absolute Gasteiger partial charge is 0.00165 e. The lowest BCUT2D eigenvalue weighted by Gasteiger charge is -2.34. The van der Waals surface area contributed by atoms with Crippen molar-refractivity contribution in [1.29, 1.82) is 0 Å². The summed E-state index contributed by atoms with van der Waals surface area (Å²) in [4.78, 5) is 0. The average molecular weight is 251 g/mol. The van der Waals surface area contributed by atoms with Crippen molar-refractivity contribution in [3.05, 3.63) is 59.7 Å². The third-order valence-corrected chi connectivity index (χ3v) is 4.33. The van der Waals surface area contributed by atoms with Crippen molar-refractivity contribution in [2.75, 3.05) is 0 Å². The fourth-order valence-electron chi connectivity index (χ4n) is 3.42. The fourth-order valence-corrected chi connectivity index (χ4v) is 3.42. The van der Waals surface area contributed by atoms with Crippen molar-refractivity contribution in [3.63, 3.8) is 0 Å². The van der Waals surface area contributed by atoms with E-state index in [1.807, 2.05) is 0 Å². The van der Waals surface area contributed by atoms with Gasteiger partial charge >= 0.3 is 0 Å². The number of hydrogen-bond acceptors (Lipinski definition) is 1. The molecule has 2 aromatic rings. The van der Waals surface area contributed by atoms with Crippen LogP contribution >= 0.6 is 0 Å². The second kappa shape index (κ2) is 4.82. The molecule has 3 rings (SSSR count). The first-order chi connectivity index (χ1) is 9.18. The van der Waals surface area contributed by atoms with Crippen LogP contribution in [0.4, 0.5) is 0 Å². The molecule has 0 aliphatic heterocycles. The predicted octanol–water partition coefficient (Wildman–Crippen LogP) is 4.29. The van der Waals surface area contributed by atoms with E-state index in [0.29, 0.717) is 11.8 Å². The Bertz CT molecular complexity index is 586. The third kappa shape index (κ3) is 2.08. The largest absolute Gasteiger partial charge is 0.328 e. The molecule has 0 saturated carbocycles. The summed E-state index contributed by atoms with van der Waals surface area (Å²) in [5.74, 6) is 1.07. The van der Waals surface area contributed by atoms with Gasteiger partial charge in [0.15, 0.2) is 0 Å². The Balaban J connectivity index is 2.17. The van der Waals surface area contributed by atoms with Gasteiger partial charge < -0.3 is 5.73 Å². The minimum Gasteiger partial charge on any atom is -0.328 e. The fraction of sp³-hybridized carbons (Fsp3) is 0.333. The molecule has 0 bridgehead atoms. The van der Waals surface area contributed by atoms with Crippen LogP contribution in [-0.2, 0) is 0 Å². The van der Waals surface area contributed by atoms with Gasteiger partial charge in [0, 0.05) is 6.04 Å². The van der Waals surface area contributed by atoms with E-state index in [-0.39, 0.29) is 6.04 Å². The summed E-state index contributed by atoms with van der Waals surface area (Å²) in [6.45, 7) is 4.44. The molecule has 0 saturated heterocycles. The summed E-state index contributed by atoms with van der Waals surface area (Å²) in [5, 5.41) is 0. The van der Waals surface area contributed by atoms with Crippen LogP contribution < -0.4 is 5.73 Å². The van der Waals surface area contributed by atoms with Gasteiger partial charge in [-0.05, 0) is 47.4 Å². The summed E-state index contributed by atoms with van der Waals surface area (Å²) in [5.41, 5.74) is 11.8. The van der Waals surface area contributed by atoms with Crippen LogP contribution in [-0.4, -0.2) is 6.04 Å². The minimum atomic E-state index is 0.241. The Morgan fingerprint density at radius 3 is 2.11 bits per heavy atom. The Labute approximate surface area is 115 Å². The SMILES string of the molecule is CC(N)CC1c2ccccc2-c2ccccc2C1C. The third-order valence-electron chi connectivity index (χ3n) is 4.33. The quantitative estimate of drug-likeness (QED) is 0.846. The zero-order chi connectivity index (χ0) is 13.4. The van der Waals surface area contributed by atoms with Crippen molar-refractivity contribution in [2.45, 2.75) is 38.1 Å². The molecule has 2 N–H and O–H groups in total. The number of rotatable bonds is 2. The van der Waals surface area contributed by atoms with Crippen LogP contribution in [0.3, 0.4) is 0 Å². The summed E-state index contributed by atoms with van der Waals surface area (Å²) >= 11 is 0. The van der Waals surface area contributed by atoms with E-state index in [2.05, 4.69) is 62.4 Å². The summed E-state index contributed by atoms with van der Waals surface area (Å²) in [6.07, 6.45) is 1.05. The van der Waals surface area contributed by atoms with Crippen molar-refractivity contribution < 1.29 is 0 Å². The molecule has 0 amide bonds. The molecule has 0 spiro atoms. The molecule has 3 unspecified atom stereocenters. The first-order valence-electron chi connectivity index (χ1n) is 7.12. The highest BCUT2D eigenvalue weighted by Gasteiger charge is 2.30. The van der Waals surface area contributed by atoms with Crippen LogP contribution in [0, 0.1) is 0 Å². The monoisotopic (exact) mass is 251 g/mol. The van der Waals surface area contributed by atoms with E-state index >= 15 is 0 Å². The van der Waals surface area contributed by atoms with E-state index < -0.39 is 0 Å². The summed E-state index contributed by atoms with van der Waals surface area (Å²) in [7, 11) is 0. The van der Waals surface area contributed by atoms with Crippen LogP contribution in [0.25, 0.3) is 11.1 Å². The second-order valence-electron chi connectivity index (χ2n) is 5.78. The molecule has 0 radical (unpaired) electrons. The standard InChI is InChI=1S/C18H21N/c1-12(19)11-18-13(2)14-7-3-4-8-15(14)16-9-5-6-10-17(16)18/h3-10,12-13,18H,11,19H2,1-2H3. The molecular weight excluding hydrogens is 230 g/mol. The molecule has 1 nitrogen and oxygen atoms in total. The summed E-state index contributed by atoms with van der Waals surface area (Å²) < 4.78 is 0. The Morgan fingerprint density at radius 2 is 1.47 bits per heavy atom. The molecule has 19 heavy (non-hydrogen) atoms.